The highest BCUT2D eigenvalue weighted by Gasteiger charge is 2.21. The Bertz CT molecular complexity index is 699. The van der Waals surface area contributed by atoms with Gasteiger partial charge in [0.2, 0.25) is 0 Å². The van der Waals surface area contributed by atoms with Gasteiger partial charge in [-0.15, -0.1) is 0 Å². The Labute approximate surface area is 150 Å². The molecule has 0 aliphatic carbocycles. The van der Waals surface area contributed by atoms with Gasteiger partial charge < -0.3 is 19.5 Å². The molecule has 5 heteroatoms. The van der Waals surface area contributed by atoms with Gasteiger partial charge >= 0.3 is 0 Å². The van der Waals surface area contributed by atoms with Crippen molar-refractivity contribution in [2.75, 3.05) is 31.1 Å². The number of morpholine rings is 1. The molecule has 4 rings (SSSR count). The van der Waals surface area contributed by atoms with Gasteiger partial charge in [-0.3, -0.25) is 0 Å². The molecule has 0 saturated carbocycles. The zero-order valence-electron chi connectivity index (χ0n) is 15.0. The molecule has 1 N–H and O–H groups in total. The molecule has 0 spiro atoms. The van der Waals surface area contributed by atoms with Crippen LogP contribution in [0.4, 0.5) is 5.69 Å². The zero-order chi connectivity index (χ0) is 17.1. The first-order valence-electron chi connectivity index (χ1n) is 9.48. The Balaban J connectivity index is 1.39. The van der Waals surface area contributed by atoms with E-state index in [4.69, 9.17) is 4.74 Å². The fourth-order valence-corrected chi connectivity index (χ4v) is 4.08. The van der Waals surface area contributed by atoms with Crippen molar-refractivity contribution in [3.05, 3.63) is 48.0 Å². The number of benzene rings is 1. The van der Waals surface area contributed by atoms with Crippen LogP contribution in [0.25, 0.3) is 0 Å². The van der Waals surface area contributed by atoms with Crippen molar-refractivity contribution >= 4 is 5.69 Å². The van der Waals surface area contributed by atoms with E-state index in [1.54, 1.807) is 0 Å². The second kappa shape index (κ2) is 7.58. The first-order chi connectivity index (χ1) is 12.3. The summed E-state index contributed by atoms with van der Waals surface area (Å²) >= 11 is 0. The van der Waals surface area contributed by atoms with Crippen LogP contribution in [0.5, 0.6) is 0 Å². The van der Waals surface area contributed by atoms with Crippen LogP contribution >= 0.6 is 0 Å². The van der Waals surface area contributed by atoms with Crippen molar-refractivity contribution in [1.82, 2.24) is 14.9 Å². The van der Waals surface area contributed by atoms with E-state index in [0.717, 1.165) is 39.2 Å². The highest BCUT2D eigenvalue weighted by molar-refractivity contribution is 5.54. The molecule has 1 aromatic carbocycles. The predicted molar refractivity (Wildman–Crippen MR) is 100.0 cm³/mol. The van der Waals surface area contributed by atoms with Gasteiger partial charge in [0.05, 0.1) is 12.7 Å². The van der Waals surface area contributed by atoms with Gasteiger partial charge in [-0.05, 0) is 31.4 Å². The van der Waals surface area contributed by atoms with Gasteiger partial charge in [0.1, 0.15) is 5.82 Å². The molecule has 1 aromatic heterocycles. The fraction of sp³-hybridized carbons (Fsp3) is 0.550. The van der Waals surface area contributed by atoms with E-state index in [9.17, 15) is 0 Å². The van der Waals surface area contributed by atoms with Crippen LogP contribution in [0, 0.1) is 0 Å². The molecule has 2 aliphatic rings. The number of rotatable bonds is 5. The van der Waals surface area contributed by atoms with Crippen molar-refractivity contribution in [3.63, 3.8) is 0 Å². The number of aromatic nitrogens is 2. The van der Waals surface area contributed by atoms with Crippen molar-refractivity contribution in [2.45, 2.75) is 44.9 Å². The van der Waals surface area contributed by atoms with Gasteiger partial charge in [0.15, 0.2) is 0 Å². The van der Waals surface area contributed by atoms with Crippen LogP contribution in [0.15, 0.2) is 36.7 Å². The third-order valence-corrected chi connectivity index (χ3v) is 5.35. The van der Waals surface area contributed by atoms with Gasteiger partial charge in [0, 0.05) is 56.7 Å². The summed E-state index contributed by atoms with van der Waals surface area (Å²) in [6, 6.07) is 9.29. The van der Waals surface area contributed by atoms with E-state index in [0.29, 0.717) is 12.1 Å². The van der Waals surface area contributed by atoms with Gasteiger partial charge in [-0.1, -0.05) is 18.2 Å². The average Bonchev–Trinajstić information content (AvgIpc) is 3.12. The van der Waals surface area contributed by atoms with E-state index < -0.39 is 0 Å². The number of imidazole rings is 1. The van der Waals surface area contributed by atoms with E-state index >= 15 is 0 Å². The summed E-state index contributed by atoms with van der Waals surface area (Å²) in [5.41, 5.74) is 2.72. The summed E-state index contributed by atoms with van der Waals surface area (Å²) in [5.74, 6) is 1.24. The summed E-state index contributed by atoms with van der Waals surface area (Å²) in [4.78, 5) is 6.93. The van der Waals surface area contributed by atoms with E-state index in [1.165, 1.54) is 29.9 Å². The van der Waals surface area contributed by atoms with Crippen LogP contribution < -0.4 is 10.2 Å². The lowest BCUT2D eigenvalue weighted by molar-refractivity contribution is 0.0531. The second-order valence-corrected chi connectivity index (χ2v) is 7.18. The van der Waals surface area contributed by atoms with E-state index in [2.05, 4.69) is 57.2 Å². The zero-order valence-corrected chi connectivity index (χ0v) is 15.0. The Kier molecular flexibility index (Phi) is 5.04. The SMILES string of the molecule is CC1CN(c2ccccc2CNCC2CCCc3nccn32)CCO1. The Morgan fingerprint density at radius 1 is 1.32 bits per heavy atom. The normalized spacial score (nSPS) is 23.5. The molecular weight excluding hydrogens is 312 g/mol. The molecule has 2 aromatic rings. The minimum Gasteiger partial charge on any atom is -0.375 e. The van der Waals surface area contributed by atoms with Crippen LogP contribution in [0.2, 0.25) is 0 Å². The minimum absolute atomic E-state index is 0.302. The smallest absolute Gasteiger partial charge is 0.108 e. The lowest BCUT2D eigenvalue weighted by Gasteiger charge is -2.34. The van der Waals surface area contributed by atoms with Crippen LogP contribution in [0.3, 0.4) is 0 Å². The number of para-hydroxylation sites is 1. The van der Waals surface area contributed by atoms with Crippen molar-refractivity contribution in [1.29, 1.82) is 0 Å². The number of aryl methyl sites for hydroxylation is 1. The molecular formula is C20H28N4O. The van der Waals surface area contributed by atoms with Crippen molar-refractivity contribution in [2.24, 2.45) is 0 Å². The molecule has 1 saturated heterocycles. The topological polar surface area (TPSA) is 42.3 Å². The number of hydrogen-bond acceptors (Lipinski definition) is 4. The lowest BCUT2D eigenvalue weighted by Crippen LogP contribution is -2.41. The number of nitrogens with zero attached hydrogens (tertiary/aromatic N) is 3. The molecule has 5 nitrogen and oxygen atoms in total. The summed E-state index contributed by atoms with van der Waals surface area (Å²) < 4.78 is 8.04. The van der Waals surface area contributed by atoms with Gasteiger partial charge in [-0.25, -0.2) is 4.98 Å². The van der Waals surface area contributed by atoms with Crippen LogP contribution in [-0.4, -0.2) is 41.9 Å². The maximum Gasteiger partial charge on any atom is 0.108 e. The first-order valence-corrected chi connectivity index (χ1v) is 9.48. The summed E-state index contributed by atoms with van der Waals surface area (Å²) in [5, 5.41) is 3.69. The van der Waals surface area contributed by atoms with E-state index in [1.807, 2.05) is 6.20 Å². The standard InChI is InChI=1S/C20H28N4O/c1-16-15-23(11-12-25-16)19-7-3-2-5-17(19)13-21-14-18-6-4-8-20-22-9-10-24(18)20/h2-3,5,7,9-10,16,18,21H,4,6,8,11-15H2,1H3. The molecule has 0 amide bonds. The third-order valence-electron chi connectivity index (χ3n) is 5.35. The fourth-order valence-electron chi connectivity index (χ4n) is 4.08. The van der Waals surface area contributed by atoms with E-state index in [-0.39, 0.29) is 0 Å². The number of hydrogen-bond donors (Lipinski definition) is 1. The number of nitrogens with one attached hydrogen (secondary N) is 1. The Hall–Kier alpha value is -1.85. The summed E-state index contributed by atoms with van der Waals surface area (Å²) in [7, 11) is 0. The van der Waals surface area contributed by atoms with Crippen molar-refractivity contribution < 1.29 is 4.74 Å². The highest BCUT2D eigenvalue weighted by atomic mass is 16.5. The molecule has 134 valence electrons. The Morgan fingerprint density at radius 2 is 2.24 bits per heavy atom. The molecule has 0 radical (unpaired) electrons. The largest absolute Gasteiger partial charge is 0.375 e. The molecule has 2 aliphatic heterocycles. The molecule has 2 atom stereocenters. The van der Waals surface area contributed by atoms with Crippen molar-refractivity contribution in [3.8, 4) is 0 Å². The predicted octanol–water partition coefficient (Wildman–Crippen LogP) is 2.78. The monoisotopic (exact) mass is 340 g/mol. The molecule has 25 heavy (non-hydrogen) atoms. The quantitative estimate of drug-likeness (QED) is 0.909. The first kappa shape index (κ1) is 16.6. The lowest BCUT2D eigenvalue weighted by atomic mass is 10.0. The second-order valence-electron chi connectivity index (χ2n) is 7.18. The molecule has 0 bridgehead atoms. The number of fused-ring (bicyclic) bond motifs is 1. The van der Waals surface area contributed by atoms with Gasteiger partial charge in [-0.2, -0.15) is 0 Å². The number of anilines is 1. The molecule has 3 heterocycles. The molecule has 1 fully saturated rings. The van der Waals surface area contributed by atoms with Crippen LogP contribution in [0.1, 0.15) is 37.2 Å². The molecule has 2 unspecified atom stereocenters. The summed E-state index contributed by atoms with van der Waals surface area (Å²) in [6.07, 6.45) is 7.95. The maximum atomic E-state index is 5.69. The van der Waals surface area contributed by atoms with Gasteiger partial charge in [0.25, 0.3) is 0 Å². The maximum absolute atomic E-state index is 5.69. The third kappa shape index (κ3) is 3.72. The highest BCUT2D eigenvalue weighted by Crippen LogP contribution is 2.25. The summed E-state index contributed by atoms with van der Waals surface area (Å²) in [6.45, 7) is 6.81. The Morgan fingerprint density at radius 3 is 3.16 bits per heavy atom. The average molecular weight is 340 g/mol. The number of ether oxygens (including phenoxy) is 1. The van der Waals surface area contributed by atoms with Crippen LogP contribution in [-0.2, 0) is 17.7 Å². The minimum atomic E-state index is 0.302.